The van der Waals surface area contributed by atoms with Gasteiger partial charge in [0, 0.05) is 18.7 Å². The van der Waals surface area contributed by atoms with Gasteiger partial charge in [0.15, 0.2) is 6.61 Å². The van der Waals surface area contributed by atoms with Gasteiger partial charge in [0.2, 0.25) is 11.8 Å². The highest BCUT2D eigenvalue weighted by Gasteiger charge is 2.36. The van der Waals surface area contributed by atoms with Crippen LogP contribution in [0.25, 0.3) is 0 Å². The van der Waals surface area contributed by atoms with Crippen molar-refractivity contribution in [2.24, 2.45) is 5.92 Å². The molecule has 3 rings (SSSR count). The lowest BCUT2D eigenvalue weighted by atomic mass is 10.1. The van der Waals surface area contributed by atoms with Crippen LogP contribution < -0.4 is 19.7 Å². The Kier molecular flexibility index (Phi) is 5.95. The molecular weight excluding hydrogens is 389 g/mol. The number of carbonyl (C=O) groups is 2. The number of nitrogens with one attached hydrogen (secondary N) is 1. The molecule has 154 valence electrons. The standard InChI is InChI=1S/C20H19F3N2O4/c1-28-17-5-3-2-4-16(17)25-11-13(10-18(25)26)19(27)24-14-6-8-15(9-7-14)29-12-20(21,22)23/h2-9,13H,10-12H2,1H3,(H,24,27). The summed E-state index contributed by atoms with van der Waals surface area (Å²) in [5, 5.41) is 2.68. The number of nitrogens with zero attached hydrogens (tertiary/aromatic N) is 1. The third-order valence-corrected chi connectivity index (χ3v) is 4.40. The Morgan fingerprint density at radius 1 is 1.17 bits per heavy atom. The topological polar surface area (TPSA) is 67.9 Å². The third-order valence-electron chi connectivity index (χ3n) is 4.40. The molecule has 1 fully saturated rings. The van der Waals surface area contributed by atoms with E-state index in [0.29, 0.717) is 17.1 Å². The predicted octanol–water partition coefficient (Wildman–Crippen LogP) is 3.63. The van der Waals surface area contributed by atoms with Crippen molar-refractivity contribution in [3.05, 3.63) is 48.5 Å². The molecule has 29 heavy (non-hydrogen) atoms. The highest BCUT2D eigenvalue weighted by atomic mass is 19.4. The molecule has 1 aliphatic rings. The number of alkyl halides is 3. The molecule has 2 amide bonds. The summed E-state index contributed by atoms with van der Waals surface area (Å²) in [5.74, 6) is -0.520. The summed E-state index contributed by atoms with van der Waals surface area (Å²) < 4.78 is 46.4. The number of halogens is 3. The van der Waals surface area contributed by atoms with E-state index in [-0.39, 0.29) is 30.5 Å². The fourth-order valence-electron chi connectivity index (χ4n) is 3.01. The van der Waals surface area contributed by atoms with Crippen LogP contribution in [0.2, 0.25) is 0 Å². The van der Waals surface area contributed by atoms with E-state index in [4.69, 9.17) is 4.74 Å². The van der Waals surface area contributed by atoms with Crippen molar-refractivity contribution in [3.63, 3.8) is 0 Å². The molecule has 0 bridgehead atoms. The first kappa shape index (κ1) is 20.5. The number of ether oxygens (including phenoxy) is 2. The maximum atomic E-state index is 12.5. The fourth-order valence-corrected chi connectivity index (χ4v) is 3.01. The fraction of sp³-hybridized carbons (Fsp3) is 0.300. The van der Waals surface area contributed by atoms with Crippen LogP contribution in [-0.4, -0.2) is 38.3 Å². The first-order chi connectivity index (χ1) is 13.8. The molecule has 0 spiro atoms. The van der Waals surface area contributed by atoms with Crippen molar-refractivity contribution in [3.8, 4) is 11.5 Å². The summed E-state index contributed by atoms with van der Waals surface area (Å²) in [4.78, 5) is 26.4. The molecule has 1 atom stereocenters. The van der Waals surface area contributed by atoms with Crippen molar-refractivity contribution in [2.75, 3.05) is 30.5 Å². The van der Waals surface area contributed by atoms with Crippen molar-refractivity contribution < 1.29 is 32.2 Å². The van der Waals surface area contributed by atoms with E-state index in [2.05, 4.69) is 10.1 Å². The molecule has 1 unspecified atom stereocenters. The van der Waals surface area contributed by atoms with Gasteiger partial charge in [-0.3, -0.25) is 9.59 Å². The zero-order valence-corrected chi connectivity index (χ0v) is 15.5. The highest BCUT2D eigenvalue weighted by Crippen LogP contribution is 2.33. The highest BCUT2D eigenvalue weighted by molar-refractivity contribution is 6.04. The number of benzene rings is 2. The van der Waals surface area contributed by atoms with Crippen molar-refractivity contribution in [1.29, 1.82) is 0 Å². The average Bonchev–Trinajstić information content (AvgIpc) is 3.08. The van der Waals surface area contributed by atoms with E-state index < -0.39 is 18.7 Å². The molecule has 2 aromatic carbocycles. The molecule has 0 aliphatic carbocycles. The molecule has 9 heteroatoms. The average molecular weight is 408 g/mol. The number of anilines is 2. The predicted molar refractivity (Wildman–Crippen MR) is 100 cm³/mol. The number of amides is 2. The monoisotopic (exact) mass is 408 g/mol. The van der Waals surface area contributed by atoms with Gasteiger partial charge in [0.1, 0.15) is 11.5 Å². The second-order valence-electron chi connectivity index (χ2n) is 6.49. The van der Waals surface area contributed by atoms with Crippen molar-refractivity contribution in [1.82, 2.24) is 0 Å². The molecular formula is C20H19F3N2O4. The molecule has 1 N–H and O–H groups in total. The van der Waals surface area contributed by atoms with Crippen LogP contribution in [0, 0.1) is 5.92 Å². The minimum Gasteiger partial charge on any atom is -0.495 e. The van der Waals surface area contributed by atoms with Crippen LogP contribution >= 0.6 is 0 Å². The summed E-state index contributed by atoms with van der Waals surface area (Å²) >= 11 is 0. The van der Waals surface area contributed by atoms with Crippen molar-refractivity contribution in [2.45, 2.75) is 12.6 Å². The van der Waals surface area contributed by atoms with Gasteiger partial charge in [-0.25, -0.2) is 0 Å². The van der Waals surface area contributed by atoms with Gasteiger partial charge < -0.3 is 19.7 Å². The Morgan fingerprint density at radius 2 is 1.86 bits per heavy atom. The second kappa shape index (κ2) is 8.42. The minimum atomic E-state index is -4.42. The number of hydrogen-bond donors (Lipinski definition) is 1. The quantitative estimate of drug-likeness (QED) is 0.793. The van der Waals surface area contributed by atoms with Gasteiger partial charge in [-0.15, -0.1) is 0 Å². The van der Waals surface area contributed by atoms with Gasteiger partial charge in [-0.2, -0.15) is 13.2 Å². The molecule has 6 nitrogen and oxygen atoms in total. The summed E-state index contributed by atoms with van der Waals surface area (Å²) in [6.45, 7) is -1.18. The van der Waals surface area contributed by atoms with Gasteiger partial charge in [-0.05, 0) is 36.4 Å². The summed E-state index contributed by atoms with van der Waals surface area (Å²) in [7, 11) is 1.51. The molecule has 1 saturated heterocycles. The van der Waals surface area contributed by atoms with Crippen LogP contribution in [0.3, 0.4) is 0 Å². The van der Waals surface area contributed by atoms with Crippen LogP contribution in [0.4, 0.5) is 24.5 Å². The molecule has 2 aromatic rings. The van der Waals surface area contributed by atoms with E-state index in [1.807, 2.05) is 0 Å². The van der Waals surface area contributed by atoms with Crippen molar-refractivity contribution >= 4 is 23.2 Å². The Labute approximate surface area is 165 Å². The first-order valence-corrected chi connectivity index (χ1v) is 8.80. The van der Waals surface area contributed by atoms with Crippen LogP contribution in [-0.2, 0) is 9.59 Å². The smallest absolute Gasteiger partial charge is 0.422 e. The maximum absolute atomic E-state index is 12.5. The molecule has 1 aliphatic heterocycles. The van der Waals surface area contributed by atoms with E-state index in [1.165, 1.54) is 36.3 Å². The number of methoxy groups -OCH3 is 1. The van der Waals surface area contributed by atoms with E-state index >= 15 is 0 Å². The Hall–Kier alpha value is -3.23. The maximum Gasteiger partial charge on any atom is 0.422 e. The summed E-state index contributed by atoms with van der Waals surface area (Å²) in [5.41, 5.74) is 0.999. The number of carbonyl (C=O) groups excluding carboxylic acids is 2. The summed E-state index contributed by atoms with van der Waals surface area (Å²) in [6, 6.07) is 12.6. The van der Waals surface area contributed by atoms with Gasteiger partial charge >= 0.3 is 6.18 Å². The lowest BCUT2D eigenvalue weighted by Gasteiger charge is -2.19. The molecule has 0 radical (unpaired) electrons. The zero-order chi connectivity index (χ0) is 21.0. The lowest BCUT2D eigenvalue weighted by molar-refractivity contribution is -0.153. The molecule has 0 saturated carbocycles. The summed E-state index contributed by atoms with van der Waals surface area (Å²) in [6.07, 6.45) is -4.37. The number of hydrogen-bond acceptors (Lipinski definition) is 4. The van der Waals surface area contributed by atoms with Crippen LogP contribution in [0.15, 0.2) is 48.5 Å². The zero-order valence-electron chi connectivity index (χ0n) is 15.5. The SMILES string of the molecule is COc1ccccc1N1CC(C(=O)Nc2ccc(OCC(F)(F)F)cc2)CC1=O. The van der Waals surface area contributed by atoms with Crippen LogP contribution in [0.5, 0.6) is 11.5 Å². The Balaban J connectivity index is 1.61. The molecule has 1 heterocycles. The third kappa shape index (κ3) is 5.18. The number of para-hydroxylation sites is 2. The second-order valence-corrected chi connectivity index (χ2v) is 6.49. The largest absolute Gasteiger partial charge is 0.495 e. The minimum absolute atomic E-state index is 0.0405. The van der Waals surface area contributed by atoms with E-state index in [0.717, 1.165) is 0 Å². The van der Waals surface area contributed by atoms with Crippen LogP contribution in [0.1, 0.15) is 6.42 Å². The first-order valence-electron chi connectivity index (χ1n) is 8.80. The van der Waals surface area contributed by atoms with E-state index in [9.17, 15) is 22.8 Å². The van der Waals surface area contributed by atoms with E-state index in [1.54, 1.807) is 24.3 Å². The normalized spacial score (nSPS) is 16.6. The van der Waals surface area contributed by atoms with Gasteiger partial charge in [0.05, 0.1) is 18.7 Å². The Bertz CT molecular complexity index is 884. The number of rotatable bonds is 6. The van der Waals surface area contributed by atoms with Gasteiger partial charge in [0.25, 0.3) is 0 Å². The Morgan fingerprint density at radius 3 is 2.52 bits per heavy atom. The lowest BCUT2D eigenvalue weighted by Crippen LogP contribution is -2.28. The molecule has 0 aromatic heterocycles. The van der Waals surface area contributed by atoms with Gasteiger partial charge in [-0.1, -0.05) is 12.1 Å².